The molecule has 0 unspecified atom stereocenters. The van der Waals surface area contributed by atoms with Gasteiger partial charge >= 0.3 is 0 Å². The average molecular weight is 423 g/mol. The first-order valence-electron chi connectivity index (χ1n) is 9.30. The van der Waals surface area contributed by atoms with Gasteiger partial charge in [-0.25, -0.2) is 0 Å². The molecule has 1 aromatic rings. The first kappa shape index (κ1) is 19.3. The molecule has 0 atom stereocenters. The number of piperazine rings is 1. The summed E-state index contributed by atoms with van der Waals surface area (Å²) in [5.74, 6) is 0.251. The first-order valence-corrected chi connectivity index (χ1v) is 10.1. The SMILES string of the molecule is Cc1ccc(NC(=O)CN2CCN(CC(=O)N3CCCC3)CC2)cc1Br. The molecular formula is C19H27BrN4O2. The number of benzene rings is 1. The molecule has 1 N–H and O–H groups in total. The van der Waals surface area contributed by atoms with Crippen molar-refractivity contribution in [3.8, 4) is 0 Å². The third-order valence-electron chi connectivity index (χ3n) is 5.11. The lowest BCUT2D eigenvalue weighted by Crippen LogP contribution is -2.51. The van der Waals surface area contributed by atoms with Crippen molar-refractivity contribution in [2.24, 2.45) is 0 Å². The van der Waals surface area contributed by atoms with Crippen molar-refractivity contribution >= 4 is 33.4 Å². The van der Waals surface area contributed by atoms with Crippen molar-refractivity contribution in [2.45, 2.75) is 19.8 Å². The Balaban J connectivity index is 1.39. The largest absolute Gasteiger partial charge is 0.342 e. The summed E-state index contributed by atoms with van der Waals surface area (Å²) >= 11 is 3.49. The van der Waals surface area contributed by atoms with E-state index >= 15 is 0 Å². The second-order valence-electron chi connectivity index (χ2n) is 7.15. The van der Waals surface area contributed by atoms with Crippen LogP contribution in [0, 0.1) is 6.92 Å². The Bertz CT molecular complexity index is 653. The minimum Gasteiger partial charge on any atom is -0.342 e. The zero-order valence-corrected chi connectivity index (χ0v) is 16.9. The second kappa shape index (κ2) is 8.97. The van der Waals surface area contributed by atoms with Crippen LogP contribution in [0.3, 0.4) is 0 Å². The topological polar surface area (TPSA) is 55.9 Å². The number of hydrogen-bond acceptors (Lipinski definition) is 4. The summed E-state index contributed by atoms with van der Waals surface area (Å²) in [6, 6.07) is 5.82. The average Bonchev–Trinajstić information content (AvgIpc) is 3.15. The predicted octanol–water partition coefficient (Wildman–Crippen LogP) is 1.94. The molecule has 0 aromatic heterocycles. The number of halogens is 1. The third-order valence-corrected chi connectivity index (χ3v) is 5.96. The monoisotopic (exact) mass is 422 g/mol. The summed E-state index contributed by atoms with van der Waals surface area (Å²) in [4.78, 5) is 30.8. The van der Waals surface area contributed by atoms with E-state index in [1.54, 1.807) is 0 Å². The highest BCUT2D eigenvalue weighted by Gasteiger charge is 2.24. The van der Waals surface area contributed by atoms with Crippen molar-refractivity contribution in [1.82, 2.24) is 14.7 Å². The van der Waals surface area contributed by atoms with Crippen LogP contribution >= 0.6 is 15.9 Å². The maximum Gasteiger partial charge on any atom is 0.238 e. The Morgan fingerprint density at radius 2 is 1.62 bits per heavy atom. The highest BCUT2D eigenvalue weighted by Crippen LogP contribution is 2.20. The van der Waals surface area contributed by atoms with Gasteiger partial charge in [-0.2, -0.15) is 0 Å². The van der Waals surface area contributed by atoms with Gasteiger partial charge in [0, 0.05) is 49.4 Å². The fourth-order valence-electron chi connectivity index (χ4n) is 3.44. The fraction of sp³-hybridized carbons (Fsp3) is 0.579. The Labute approximate surface area is 163 Å². The van der Waals surface area contributed by atoms with Crippen LogP contribution in [0.4, 0.5) is 5.69 Å². The summed E-state index contributed by atoms with van der Waals surface area (Å²) in [7, 11) is 0. The molecule has 0 saturated carbocycles. The summed E-state index contributed by atoms with van der Waals surface area (Å²) in [6.45, 7) is 8.05. The number of nitrogens with zero attached hydrogens (tertiary/aromatic N) is 3. The van der Waals surface area contributed by atoms with E-state index in [0.29, 0.717) is 13.1 Å². The maximum atomic E-state index is 12.3. The van der Waals surface area contributed by atoms with Gasteiger partial charge in [0.15, 0.2) is 0 Å². The molecule has 26 heavy (non-hydrogen) atoms. The Hall–Kier alpha value is -1.44. The predicted molar refractivity (Wildman–Crippen MR) is 106 cm³/mol. The standard InChI is InChI=1S/C19H27BrN4O2/c1-15-4-5-16(12-17(15)20)21-18(25)13-22-8-10-23(11-9-22)14-19(26)24-6-2-3-7-24/h4-5,12H,2-3,6-11,13-14H2,1H3,(H,21,25). The number of rotatable bonds is 5. The minimum absolute atomic E-state index is 0.00217. The van der Waals surface area contributed by atoms with Gasteiger partial charge in [0.25, 0.3) is 0 Å². The molecule has 2 amide bonds. The molecule has 142 valence electrons. The number of anilines is 1. The van der Waals surface area contributed by atoms with E-state index in [0.717, 1.165) is 67.8 Å². The zero-order valence-electron chi connectivity index (χ0n) is 15.3. The van der Waals surface area contributed by atoms with Crippen LogP contribution in [-0.2, 0) is 9.59 Å². The highest BCUT2D eigenvalue weighted by atomic mass is 79.9. The van der Waals surface area contributed by atoms with E-state index < -0.39 is 0 Å². The number of amides is 2. The molecule has 2 aliphatic rings. The highest BCUT2D eigenvalue weighted by molar-refractivity contribution is 9.10. The summed E-state index contributed by atoms with van der Waals surface area (Å²) in [5.41, 5.74) is 1.95. The minimum atomic E-state index is 0.00217. The summed E-state index contributed by atoms with van der Waals surface area (Å²) in [5, 5.41) is 2.95. The lowest BCUT2D eigenvalue weighted by Gasteiger charge is -2.34. The molecule has 3 rings (SSSR count). The van der Waals surface area contributed by atoms with E-state index in [-0.39, 0.29) is 11.8 Å². The Morgan fingerprint density at radius 1 is 1.00 bits per heavy atom. The van der Waals surface area contributed by atoms with Crippen LogP contribution < -0.4 is 5.32 Å². The van der Waals surface area contributed by atoms with Gasteiger partial charge in [-0.3, -0.25) is 19.4 Å². The lowest BCUT2D eigenvalue weighted by molar-refractivity contribution is -0.132. The van der Waals surface area contributed by atoms with Crippen molar-refractivity contribution in [3.05, 3.63) is 28.2 Å². The molecule has 7 heteroatoms. The van der Waals surface area contributed by atoms with Gasteiger partial charge in [-0.1, -0.05) is 22.0 Å². The van der Waals surface area contributed by atoms with Crippen molar-refractivity contribution in [2.75, 3.05) is 57.7 Å². The second-order valence-corrected chi connectivity index (χ2v) is 8.01. The van der Waals surface area contributed by atoms with Gasteiger partial charge in [0.05, 0.1) is 13.1 Å². The molecule has 2 aliphatic heterocycles. The number of carbonyl (C=O) groups is 2. The molecule has 0 aliphatic carbocycles. The number of nitrogens with one attached hydrogen (secondary N) is 1. The van der Waals surface area contributed by atoms with Gasteiger partial charge in [0.2, 0.25) is 11.8 Å². The van der Waals surface area contributed by atoms with Crippen LogP contribution in [0.2, 0.25) is 0 Å². The zero-order chi connectivity index (χ0) is 18.5. The molecule has 2 saturated heterocycles. The van der Waals surface area contributed by atoms with E-state index in [2.05, 4.69) is 31.0 Å². The van der Waals surface area contributed by atoms with E-state index in [9.17, 15) is 9.59 Å². The molecule has 6 nitrogen and oxygen atoms in total. The number of likely N-dealkylation sites (tertiary alicyclic amines) is 1. The lowest BCUT2D eigenvalue weighted by atomic mass is 10.2. The van der Waals surface area contributed by atoms with Crippen LogP contribution in [0.25, 0.3) is 0 Å². The summed E-state index contributed by atoms with van der Waals surface area (Å²) < 4.78 is 0.992. The number of carbonyl (C=O) groups excluding carboxylic acids is 2. The Kier molecular flexibility index (Phi) is 6.67. The number of hydrogen-bond donors (Lipinski definition) is 1. The van der Waals surface area contributed by atoms with Crippen LogP contribution in [0.5, 0.6) is 0 Å². The number of aryl methyl sites for hydroxylation is 1. The Morgan fingerprint density at radius 3 is 2.23 bits per heavy atom. The van der Waals surface area contributed by atoms with Crippen molar-refractivity contribution in [1.29, 1.82) is 0 Å². The fourth-order valence-corrected chi connectivity index (χ4v) is 3.82. The molecule has 1 aromatic carbocycles. The first-order chi connectivity index (χ1) is 12.5. The third kappa shape index (κ3) is 5.28. The molecule has 2 heterocycles. The van der Waals surface area contributed by atoms with Gasteiger partial charge < -0.3 is 10.2 Å². The van der Waals surface area contributed by atoms with Crippen LogP contribution in [-0.4, -0.2) is 78.9 Å². The van der Waals surface area contributed by atoms with Crippen molar-refractivity contribution in [3.63, 3.8) is 0 Å². The van der Waals surface area contributed by atoms with Gasteiger partial charge in [-0.05, 0) is 37.5 Å². The molecule has 2 fully saturated rings. The van der Waals surface area contributed by atoms with E-state index in [4.69, 9.17) is 0 Å². The van der Waals surface area contributed by atoms with Crippen LogP contribution in [0.1, 0.15) is 18.4 Å². The maximum absolute atomic E-state index is 12.3. The van der Waals surface area contributed by atoms with Gasteiger partial charge in [0.1, 0.15) is 0 Å². The summed E-state index contributed by atoms with van der Waals surface area (Å²) in [6.07, 6.45) is 2.26. The van der Waals surface area contributed by atoms with Crippen LogP contribution in [0.15, 0.2) is 22.7 Å². The molecule has 0 radical (unpaired) electrons. The van der Waals surface area contributed by atoms with E-state index in [1.807, 2.05) is 30.0 Å². The molecular weight excluding hydrogens is 396 g/mol. The smallest absolute Gasteiger partial charge is 0.238 e. The van der Waals surface area contributed by atoms with Gasteiger partial charge in [-0.15, -0.1) is 0 Å². The molecule has 0 bridgehead atoms. The van der Waals surface area contributed by atoms with Crippen molar-refractivity contribution < 1.29 is 9.59 Å². The quantitative estimate of drug-likeness (QED) is 0.787. The van der Waals surface area contributed by atoms with E-state index in [1.165, 1.54) is 0 Å². The molecule has 0 spiro atoms. The normalized spacial score (nSPS) is 18.9.